The molecule has 2 aromatic rings. The zero-order chi connectivity index (χ0) is 12.3. The van der Waals surface area contributed by atoms with Gasteiger partial charge in [-0.3, -0.25) is 0 Å². The van der Waals surface area contributed by atoms with Gasteiger partial charge >= 0.3 is 0 Å². The second-order valence-corrected chi connectivity index (χ2v) is 5.21. The van der Waals surface area contributed by atoms with Gasteiger partial charge in [0, 0.05) is 18.0 Å². The molecule has 1 aromatic carbocycles. The summed E-state index contributed by atoms with van der Waals surface area (Å²) in [7, 11) is 1.64. The summed E-state index contributed by atoms with van der Waals surface area (Å²) in [6, 6.07) is 5.78. The Morgan fingerprint density at radius 2 is 2.24 bits per heavy atom. The fraction of sp³-hybridized carbons (Fsp3) is 0.0909. The molecule has 0 fully saturated rings. The van der Waals surface area contributed by atoms with Crippen LogP contribution in [0.4, 0.5) is 11.5 Å². The van der Waals surface area contributed by atoms with Crippen LogP contribution in [-0.4, -0.2) is 17.1 Å². The Hall–Kier alpha value is -0.890. The summed E-state index contributed by atoms with van der Waals surface area (Å²) < 4.78 is 7.12. The molecule has 0 aliphatic carbocycles. The monoisotopic (exact) mass is 405 g/mol. The van der Waals surface area contributed by atoms with Crippen LogP contribution in [0.3, 0.4) is 0 Å². The second-order valence-electron chi connectivity index (χ2n) is 3.19. The summed E-state index contributed by atoms with van der Waals surface area (Å²) in [5.41, 5.74) is 0.918. The Balaban J connectivity index is 2.28. The molecule has 0 aliphatic rings. The molecule has 1 aromatic heterocycles. The van der Waals surface area contributed by atoms with Gasteiger partial charge in [-0.1, -0.05) is 0 Å². The molecule has 0 bridgehead atoms. The molecule has 0 amide bonds. The maximum atomic E-state index is 5.23. The van der Waals surface area contributed by atoms with Crippen molar-refractivity contribution in [3.63, 3.8) is 0 Å². The fourth-order valence-corrected chi connectivity index (χ4v) is 2.12. The summed E-state index contributed by atoms with van der Waals surface area (Å²) >= 11 is 5.59. The Morgan fingerprint density at radius 1 is 1.41 bits per heavy atom. The van der Waals surface area contributed by atoms with Crippen molar-refractivity contribution in [3.05, 3.63) is 38.8 Å². The Morgan fingerprint density at radius 3 is 2.94 bits per heavy atom. The van der Waals surface area contributed by atoms with Crippen LogP contribution in [0.1, 0.15) is 0 Å². The zero-order valence-electron chi connectivity index (χ0n) is 8.95. The van der Waals surface area contributed by atoms with Crippen molar-refractivity contribution in [1.29, 1.82) is 0 Å². The molecule has 0 radical (unpaired) electrons. The molecular formula is C11H9BrIN3O. The van der Waals surface area contributed by atoms with Crippen molar-refractivity contribution >= 4 is 50.0 Å². The molecule has 0 atom stereocenters. The molecule has 1 N–H and O–H groups in total. The van der Waals surface area contributed by atoms with Crippen molar-refractivity contribution in [1.82, 2.24) is 9.97 Å². The SMILES string of the molecule is COc1cc(Nc2ncncc2I)ccc1Br. The predicted molar refractivity (Wildman–Crippen MR) is 78.7 cm³/mol. The number of rotatable bonds is 3. The van der Waals surface area contributed by atoms with Gasteiger partial charge in [-0.2, -0.15) is 0 Å². The number of ether oxygens (including phenoxy) is 1. The molecule has 2 rings (SSSR count). The third kappa shape index (κ3) is 3.06. The lowest BCUT2D eigenvalue weighted by atomic mass is 10.3. The number of benzene rings is 1. The van der Waals surface area contributed by atoms with Gasteiger partial charge in [0.1, 0.15) is 17.9 Å². The maximum absolute atomic E-state index is 5.23. The van der Waals surface area contributed by atoms with E-state index in [1.165, 1.54) is 6.33 Å². The van der Waals surface area contributed by atoms with E-state index in [1.54, 1.807) is 13.3 Å². The minimum absolute atomic E-state index is 0.777. The van der Waals surface area contributed by atoms with Crippen molar-refractivity contribution < 1.29 is 4.74 Å². The first kappa shape index (κ1) is 12.6. The average Bonchev–Trinajstić information content (AvgIpc) is 2.34. The molecule has 1 heterocycles. The van der Waals surface area contributed by atoms with Crippen molar-refractivity contribution in [2.75, 3.05) is 12.4 Å². The maximum Gasteiger partial charge on any atom is 0.147 e. The van der Waals surface area contributed by atoms with Crippen molar-refractivity contribution in [2.24, 2.45) is 0 Å². The molecule has 88 valence electrons. The summed E-state index contributed by atoms with van der Waals surface area (Å²) in [6.07, 6.45) is 3.27. The van der Waals surface area contributed by atoms with Crippen LogP contribution in [0.25, 0.3) is 0 Å². The number of anilines is 2. The van der Waals surface area contributed by atoms with Crippen LogP contribution in [0.2, 0.25) is 0 Å². The van der Waals surface area contributed by atoms with E-state index in [4.69, 9.17) is 4.74 Å². The Labute approximate surface area is 121 Å². The highest BCUT2D eigenvalue weighted by atomic mass is 127. The zero-order valence-corrected chi connectivity index (χ0v) is 12.7. The number of hydrogen-bond acceptors (Lipinski definition) is 4. The molecule has 17 heavy (non-hydrogen) atoms. The Bertz CT molecular complexity index is 536. The topological polar surface area (TPSA) is 47.0 Å². The quantitative estimate of drug-likeness (QED) is 0.792. The molecule has 0 saturated heterocycles. The van der Waals surface area contributed by atoms with Crippen LogP contribution in [0.15, 0.2) is 35.2 Å². The van der Waals surface area contributed by atoms with E-state index in [-0.39, 0.29) is 0 Å². The first-order valence-corrected chi connectivity index (χ1v) is 6.64. The first-order valence-electron chi connectivity index (χ1n) is 4.77. The number of halogens is 2. The van der Waals surface area contributed by atoms with Crippen molar-refractivity contribution in [3.8, 4) is 5.75 Å². The molecule has 4 nitrogen and oxygen atoms in total. The molecule has 0 aliphatic heterocycles. The minimum atomic E-state index is 0.777. The lowest BCUT2D eigenvalue weighted by molar-refractivity contribution is 0.412. The standard InChI is InChI=1S/C11H9BrIN3O/c1-17-10-4-7(2-3-8(10)12)16-11-9(13)5-14-6-15-11/h2-6H,1H3,(H,14,15,16). The van der Waals surface area contributed by atoms with Gasteiger partial charge < -0.3 is 10.1 Å². The number of aromatic nitrogens is 2. The smallest absolute Gasteiger partial charge is 0.147 e. The van der Waals surface area contributed by atoms with Gasteiger partial charge in [-0.25, -0.2) is 9.97 Å². The van der Waals surface area contributed by atoms with Gasteiger partial charge in [0.05, 0.1) is 15.2 Å². The van der Waals surface area contributed by atoms with Crippen LogP contribution >= 0.6 is 38.5 Å². The van der Waals surface area contributed by atoms with Gasteiger partial charge in [0.15, 0.2) is 0 Å². The summed E-state index contributed by atoms with van der Waals surface area (Å²) in [5, 5.41) is 3.21. The van der Waals surface area contributed by atoms with Crippen LogP contribution in [0.5, 0.6) is 5.75 Å². The third-order valence-corrected chi connectivity index (χ3v) is 3.53. The minimum Gasteiger partial charge on any atom is -0.495 e. The molecular weight excluding hydrogens is 397 g/mol. The van der Waals surface area contributed by atoms with Gasteiger partial charge in [-0.15, -0.1) is 0 Å². The normalized spacial score (nSPS) is 10.1. The van der Waals surface area contributed by atoms with Gasteiger partial charge in [0.2, 0.25) is 0 Å². The molecule has 0 unspecified atom stereocenters. The first-order chi connectivity index (χ1) is 8.20. The summed E-state index contributed by atoms with van der Waals surface area (Å²) in [4.78, 5) is 8.11. The second kappa shape index (κ2) is 5.63. The van der Waals surface area contributed by atoms with E-state index < -0.39 is 0 Å². The van der Waals surface area contributed by atoms with E-state index in [2.05, 4.69) is 53.8 Å². The van der Waals surface area contributed by atoms with E-state index in [0.717, 1.165) is 25.3 Å². The molecule has 6 heteroatoms. The van der Waals surface area contributed by atoms with E-state index in [0.29, 0.717) is 0 Å². The van der Waals surface area contributed by atoms with Crippen molar-refractivity contribution in [2.45, 2.75) is 0 Å². The molecule has 0 spiro atoms. The lowest BCUT2D eigenvalue weighted by Crippen LogP contribution is -1.97. The summed E-state index contributed by atoms with van der Waals surface area (Å²) in [6.45, 7) is 0. The highest BCUT2D eigenvalue weighted by Crippen LogP contribution is 2.29. The van der Waals surface area contributed by atoms with E-state index in [1.807, 2.05) is 18.2 Å². The lowest BCUT2D eigenvalue weighted by Gasteiger charge is -2.09. The molecule has 0 saturated carbocycles. The van der Waals surface area contributed by atoms with Gasteiger partial charge in [0.25, 0.3) is 0 Å². The third-order valence-electron chi connectivity index (χ3n) is 2.08. The fourth-order valence-electron chi connectivity index (χ4n) is 1.28. The van der Waals surface area contributed by atoms with Crippen LogP contribution < -0.4 is 10.1 Å². The summed E-state index contributed by atoms with van der Waals surface area (Å²) in [5.74, 6) is 1.56. The highest BCUT2D eigenvalue weighted by molar-refractivity contribution is 14.1. The van der Waals surface area contributed by atoms with E-state index in [9.17, 15) is 0 Å². The number of hydrogen-bond donors (Lipinski definition) is 1. The number of nitrogens with zero attached hydrogens (tertiary/aromatic N) is 2. The van der Waals surface area contributed by atoms with E-state index >= 15 is 0 Å². The van der Waals surface area contributed by atoms with Crippen LogP contribution in [0, 0.1) is 3.57 Å². The highest BCUT2D eigenvalue weighted by Gasteiger charge is 2.04. The largest absolute Gasteiger partial charge is 0.495 e. The van der Waals surface area contributed by atoms with Gasteiger partial charge in [-0.05, 0) is 50.7 Å². The predicted octanol–water partition coefficient (Wildman–Crippen LogP) is 3.60. The average molecular weight is 406 g/mol. The number of nitrogens with one attached hydrogen (secondary N) is 1. The Kier molecular flexibility index (Phi) is 4.16. The number of methoxy groups -OCH3 is 1. The van der Waals surface area contributed by atoms with Crippen LogP contribution in [-0.2, 0) is 0 Å².